The molecule has 4 aromatic rings. The molecule has 4 rings (SSSR count). The van der Waals surface area contributed by atoms with Crippen LogP contribution in [0.4, 0.5) is 0 Å². The molecule has 110 valence electrons. The van der Waals surface area contributed by atoms with Crippen LogP contribution in [0.3, 0.4) is 0 Å². The smallest absolute Gasteiger partial charge is 0.271 e. The van der Waals surface area contributed by atoms with Crippen molar-refractivity contribution in [3.63, 3.8) is 0 Å². The molecular formula is C13H10N6OS2. The third-order valence-electron chi connectivity index (χ3n) is 3.21. The lowest BCUT2D eigenvalue weighted by Crippen LogP contribution is -2.22. The fourth-order valence-electron chi connectivity index (χ4n) is 2.08. The van der Waals surface area contributed by atoms with Crippen LogP contribution in [0.5, 0.6) is 0 Å². The molecular weight excluding hydrogens is 320 g/mol. The van der Waals surface area contributed by atoms with Gasteiger partial charge in [-0.2, -0.15) is 16.1 Å². The Morgan fingerprint density at radius 2 is 2.14 bits per heavy atom. The first-order valence-electron chi connectivity index (χ1n) is 6.54. The number of nitrogens with zero attached hydrogens (tertiary/aromatic N) is 6. The van der Waals surface area contributed by atoms with Crippen molar-refractivity contribution in [2.45, 2.75) is 13.1 Å². The summed E-state index contributed by atoms with van der Waals surface area (Å²) in [5.74, 6) is 0.598. The minimum absolute atomic E-state index is 0.0295. The molecule has 0 bridgehead atoms. The van der Waals surface area contributed by atoms with Crippen molar-refractivity contribution in [2.24, 2.45) is 0 Å². The summed E-state index contributed by atoms with van der Waals surface area (Å²) in [5.41, 5.74) is 1.66. The summed E-state index contributed by atoms with van der Waals surface area (Å²) >= 11 is 3.00. The predicted molar refractivity (Wildman–Crippen MR) is 85.0 cm³/mol. The minimum atomic E-state index is -0.0295. The van der Waals surface area contributed by atoms with Crippen molar-refractivity contribution in [1.82, 2.24) is 29.8 Å². The van der Waals surface area contributed by atoms with Crippen LogP contribution in [0.1, 0.15) is 0 Å². The van der Waals surface area contributed by atoms with Crippen molar-refractivity contribution in [2.75, 3.05) is 0 Å². The highest BCUT2D eigenvalue weighted by Crippen LogP contribution is 2.16. The molecule has 0 radical (unpaired) electrons. The maximum atomic E-state index is 12.3. The van der Waals surface area contributed by atoms with Crippen LogP contribution in [0.25, 0.3) is 21.6 Å². The van der Waals surface area contributed by atoms with Crippen molar-refractivity contribution < 1.29 is 0 Å². The Kier molecular flexibility index (Phi) is 3.28. The summed E-state index contributed by atoms with van der Waals surface area (Å²) in [7, 11) is 0. The summed E-state index contributed by atoms with van der Waals surface area (Å²) in [6.45, 7) is 0.925. The largest absolute Gasteiger partial charge is 0.296 e. The van der Waals surface area contributed by atoms with Gasteiger partial charge in [0.15, 0.2) is 0 Å². The van der Waals surface area contributed by atoms with Gasteiger partial charge in [-0.1, -0.05) is 0 Å². The lowest BCUT2D eigenvalue weighted by Gasteiger charge is -2.03. The first kappa shape index (κ1) is 13.3. The van der Waals surface area contributed by atoms with Gasteiger partial charge < -0.3 is 0 Å². The Balaban J connectivity index is 1.54. The number of fused-ring (bicyclic) bond motifs is 1. The second kappa shape index (κ2) is 5.43. The predicted octanol–water partition coefficient (Wildman–Crippen LogP) is 1.87. The van der Waals surface area contributed by atoms with Crippen LogP contribution in [-0.2, 0) is 13.1 Å². The molecule has 7 nitrogen and oxygen atoms in total. The number of hydrogen-bond donors (Lipinski definition) is 0. The van der Waals surface area contributed by atoms with Crippen molar-refractivity contribution in [3.8, 4) is 11.4 Å². The van der Waals surface area contributed by atoms with Gasteiger partial charge in [0.05, 0.1) is 18.4 Å². The zero-order valence-corrected chi connectivity index (χ0v) is 12.9. The maximum Gasteiger partial charge on any atom is 0.271 e. The Hall–Kier alpha value is -2.39. The SMILES string of the molecule is O=c1c2sccc2ncn1CCn1nnc(-c2ccsc2)n1. The van der Waals surface area contributed by atoms with E-state index in [4.69, 9.17) is 0 Å². The second-order valence-electron chi connectivity index (χ2n) is 4.60. The zero-order chi connectivity index (χ0) is 14.9. The van der Waals surface area contributed by atoms with E-state index in [0.717, 1.165) is 11.1 Å². The molecule has 0 aliphatic carbocycles. The van der Waals surface area contributed by atoms with E-state index in [2.05, 4.69) is 20.4 Å². The average molecular weight is 330 g/mol. The quantitative estimate of drug-likeness (QED) is 0.571. The molecule has 0 N–H and O–H groups in total. The normalized spacial score (nSPS) is 11.3. The van der Waals surface area contributed by atoms with E-state index in [-0.39, 0.29) is 5.56 Å². The van der Waals surface area contributed by atoms with E-state index in [1.807, 2.05) is 28.3 Å². The van der Waals surface area contributed by atoms with E-state index >= 15 is 0 Å². The lowest BCUT2D eigenvalue weighted by atomic mass is 10.3. The molecule has 9 heteroatoms. The van der Waals surface area contributed by atoms with Gasteiger partial charge in [-0.25, -0.2) is 4.98 Å². The van der Waals surface area contributed by atoms with Gasteiger partial charge in [-0.3, -0.25) is 9.36 Å². The summed E-state index contributed by atoms with van der Waals surface area (Å²) in [6.07, 6.45) is 1.56. The van der Waals surface area contributed by atoms with Crippen molar-refractivity contribution >= 4 is 32.9 Å². The van der Waals surface area contributed by atoms with Crippen LogP contribution < -0.4 is 5.56 Å². The summed E-state index contributed by atoms with van der Waals surface area (Å²) in [5, 5.41) is 18.2. The number of aromatic nitrogens is 6. The minimum Gasteiger partial charge on any atom is -0.296 e. The van der Waals surface area contributed by atoms with E-state index in [1.54, 1.807) is 22.2 Å². The van der Waals surface area contributed by atoms with Crippen LogP contribution in [0, 0.1) is 0 Å². The van der Waals surface area contributed by atoms with Crippen LogP contribution in [0.2, 0.25) is 0 Å². The second-order valence-corrected chi connectivity index (χ2v) is 6.30. The van der Waals surface area contributed by atoms with Gasteiger partial charge in [-0.15, -0.1) is 21.5 Å². The van der Waals surface area contributed by atoms with Crippen molar-refractivity contribution in [3.05, 3.63) is 45.0 Å². The highest BCUT2D eigenvalue weighted by Gasteiger charge is 2.08. The summed E-state index contributed by atoms with van der Waals surface area (Å²) < 4.78 is 2.25. The molecule has 0 aliphatic rings. The summed E-state index contributed by atoms with van der Waals surface area (Å²) in [4.78, 5) is 18.0. The number of hydrogen-bond acceptors (Lipinski definition) is 7. The van der Waals surface area contributed by atoms with Crippen LogP contribution >= 0.6 is 22.7 Å². The molecule has 0 aliphatic heterocycles. The first-order chi connectivity index (χ1) is 10.8. The number of rotatable bonds is 4. The standard InChI is InChI=1S/C13H10N6OS2/c20-13-11-10(2-6-22-11)14-8-18(13)3-4-19-16-12(15-17-19)9-1-5-21-7-9/h1-2,5-8H,3-4H2. The molecule has 4 heterocycles. The van der Waals surface area contributed by atoms with Gasteiger partial charge in [0.1, 0.15) is 4.70 Å². The summed E-state index contributed by atoms with van der Waals surface area (Å²) in [6, 6.07) is 3.79. The number of aryl methyl sites for hydroxylation is 2. The highest BCUT2D eigenvalue weighted by molar-refractivity contribution is 7.17. The van der Waals surface area contributed by atoms with E-state index < -0.39 is 0 Å². The molecule has 0 saturated heterocycles. The number of thiophene rings is 2. The van der Waals surface area contributed by atoms with Crippen LogP contribution in [0.15, 0.2) is 39.4 Å². The molecule has 0 saturated carbocycles. The fourth-order valence-corrected chi connectivity index (χ4v) is 3.51. The Bertz CT molecular complexity index is 968. The Labute approximate surface area is 132 Å². The zero-order valence-electron chi connectivity index (χ0n) is 11.3. The van der Waals surface area contributed by atoms with E-state index in [0.29, 0.717) is 23.6 Å². The Morgan fingerprint density at radius 1 is 1.18 bits per heavy atom. The van der Waals surface area contributed by atoms with Gasteiger partial charge >= 0.3 is 0 Å². The van der Waals surface area contributed by atoms with Gasteiger partial charge in [-0.05, 0) is 28.1 Å². The average Bonchev–Trinajstić information content (AvgIpc) is 3.27. The van der Waals surface area contributed by atoms with Gasteiger partial charge in [0.25, 0.3) is 5.56 Å². The fraction of sp³-hybridized carbons (Fsp3) is 0.154. The van der Waals surface area contributed by atoms with Gasteiger partial charge in [0, 0.05) is 17.5 Å². The lowest BCUT2D eigenvalue weighted by molar-refractivity contribution is 0.464. The molecule has 22 heavy (non-hydrogen) atoms. The van der Waals surface area contributed by atoms with E-state index in [9.17, 15) is 4.79 Å². The number of tetrazole rings is 1. The monoisotopic (exact) mass is 330 g/mol. The molecule has 0 fully saturated rings. The topological polar surface area (TPSA) is 78.5 Å². The van der Waals surface area contributed by atoms with Crippen molar-refractivity contribution in [1.29, 1.82) is 0 Å². The van der Waals surface area contributed by atoms with Crippen LogP contribution in [-0.4, -0.2) is 29.8 Å². The Morgan fingerprint density at radius 3 is 3.00 bits per heavy atom. The molecule has 4 aromatic heterocycles. The molecule has 0 aromatic carbocycles. The molecule has 0 unspecified atom stereocenters. The third-order valence-corrected chi connectivity index (χ3v) is 4.78. The molecule has 0 amide bonds. The highest BCUT2D eigenvalue weighted by atomic mass is 32.1. The third kappa shape index (κ3) is 2.34. The maximum absolute atomic E-state index is 12.3. The van der Waals surface area contributed by atoms with E-state index in [1.165, 1.54) is 16.1 Å². The molecule has 0 atom stereocenters. The first-order valence-corrected chi connectivity index (χ1v) is 8.36. The van der Waals surface area contributed by atoms with Gasteiger partial charge in [0.2, 0.25) is 5.82 Å². The molecule has 0 spiro atoms.